The molecular formula is C4H10N2O3S. The van der Waals surface area contributed by atoms with Crippen molar-refractivity contribution in [2.24, 2.45) is 5.73 Å². The van der Waals surface area contributed by atoms with Crippen LogP contribution in [0.3, 0.4) is 0 Å². The van der Waals surface area contributed by atoms with Gasteiger partial charge in [0.2, 0.25) is 10.0 Å². The quantitative estimate of drug-likeness (QED) is 0.515. The largest absolute Gasteiger partial charge is 0.324 e. The van der Waals surface area contributed by atoms with Gasteiger partial charge in [0.1, 0.15) is 0 Å². The van der Waals surface area contributed by atoms with Crippen molar-refractivity contribution in [2.45, 2.75) is 6.04 Å². The fourth-order valence-electron chi connectivity index (χ4n) is 0.707. The minimum absolute atomic E-state index is 0.185. The fourth-order valence-corrected chi connectivity index (χ4v) is 1.42. The Bertz CT molecular complexity index is 213. The van der Waals surface area contributed by atoms with Crippen LogP contribution in [0.5, 0.6) is 0 Å². The minimum Gasteiger partial charge on any atom is -0.324 e. The maximum Gasteiger partial charge on any atom is 0.233 e. The van der Waals surface area contributed by atoms with Crippen molar-refractivity contribution in [1.29, 1.82) is 0 Å². The van der Waals surface area contributed by atoms with Crippen LogP contribution in [0.25, 0.3) is 0 Å². The van der Waals surface area contributed by atoms with Crippen LogP contribution >= 0.6 is 0 Å². The second-order valence-corrected chi connectivity index (χ2v) is 4.18. The zero-order chi connectivity index (χ0) is 7.78. The summed E-state index contributed by atoms with van der Waals surface area (Å²) < 4.78 is 22.4. The maximum absolute atomic E-state index is 10.7. The molecule has 1 aliphatic rings. The molecule has 0 radical (unpaired) electrons. The minimum atomic E-state index is -3.20. The third-order valence-electron chi connectivity index (χ3n) is 1.19. The lowest BCUT2D eigenvalue weighted by Crippen LogP contribution is -2.30. The van der Waals surface area contributed by atoms with E-state index in [-0.39, 0.29) is 19.2 Å². The molecule has 0 aromatic rings. The first-order valence-corrected chi connectivity index (χ1v) is 4.71. The van der Waals surface area contributed by atoms with Gasteiger partial charge in [0, 0.05) is 6.04 Å². The number of nitrogens with zero attached hydrogens (tertiary/aromatic N) is 1. The molecule has 0 spiro atoms. The summed E-state index contributed by atoms with van der Waals surface area (Å²) in [5.41, 5.74) is 5.39. The number of hydrogen-bond acceptors (Lipinski definition) is 4. The van der Waals surface area contributed by atoms with Crippen LogP contribution in [0.1, 0.15) is 0 Å². The molecule has 0 aliphatic carbocycles. The van der Waals surface area contributed by atoms with Gasteiger partial charge < -0.3 is 5.73 Å². The number of hydrogen-bond donors (Lipinski definition) is 1. The summed E-state index contributed by atoms with van der Waals surface area (Å²) in [6.07, 6.45) is 1.09. The van der Waals surface area contributed by atoms with E-state index in [9.17, 15) is 8.42 Å². The Kier molecular flexibility index (Phi) is 1.95. The van der Waals surface area contributed by atoms with Crippen LogP contribution in [0, 0.1) is 0 Å². The zero-order valence-corrected chi connectivity index (χ0v) is 6.47. The molecule has 6 heteroatoms. The Hall–Kier alpha value is -0.170. The number of hydroxylamine groups is 1. The Morgan fingerprint density at radius 3 is 2.50 bits per heavy atom. The van der Waals surface area contributed by atoms with E-state index in [0.717, 1.165) is 10.7 Å². The molecule has 10 heavy (non-hydrogen) atoms. The van der Waals surface area contributed by atoms with Crippen LogP contribution in [0.4, 0.5) is 0 Å². The molecule has 0 saturated carbocycles. The van der Waals surface area contributed by atoms with Crippen molar-refractivity contribution in [1.82, 2.24) is 4.47 Å². The molecule has 60 valence electrons. The van der Waals surface area contributed by atoms with E-state index in [1.54, 1.807) is 0 Å². The van der Waals surface area contributed by atoms with Crippen LogP contribution in [0.2, 0.25) is 0 Å². The monoisotopic (exact) mass is 166 g/mol. The second-order valence-electron chi connectivity index (χ2n) is 2.30. The van der Waals surface area contributed by atoms with Crippen molar-refractivity contribution in [3.63, 3.8) is 0 Å². The third kappa shape index (κ3) is 1.66. The summed E-state index contributed by atoms with van der Waals surface area (Å²) in [6.45, 7) is 0.548. The van der Waals surface area contributed by atoms with Crippen molar-refractivity contribution in [2.75, 3.05) is 19.4 Å². The van der Waals surface area contributed by atoms with Crippen LogP contribution < -0.4 is 5.73 Å². The van der Waals surface area contributed by atoms with Crippen molar-refractivity contribution in [3.05, 3.63) is 0 Å². The molecule has 0 unspecified atom stereocenters. The molecule has 0 aromatic heterocycles. The number of nitrogens with two attached hydrogens (primary N) is 1. The van der Waals surface area contributed by atoms with Gasteiger partial charge in [-0.15, -0.1) is 0 Å². The molecule has 0 amide bonds. The van der Waals surface area contributed by atoms with E-state index < -0.39 is 10.0 Å². The lowest BCUT2D eigenvalue weighted by molar-refractivity contribution is -0.0281. The van der Waals surface area contributed by atoms with E-state index in [2.05, 4.69) is 0 Å². The maximum atomic E-state index is 10.7. The molecular weight excluding hydrogens is 156 g/mol. The van der Waals surface area contributed by atoms with E-state index in [0.29, 0.717) is 0 Å². The van der Waals surface area contributed by atoms with Gasteiger partial charge in [0.05, 0.1) is 19.4 Å². The first-order valence-electron chi connectivity index (χ1n) is 2.86. The number of sulfonamides is 1. The van der Waals surface area contributed by atoms with Crippen LogP contribution in [0.15, 0.2) is 0 Å². The highest BCUT2D eigenvalue weighted by molar-refractivity contribution is 7.88. The van der Waals surface area contributed by atoms with Crippen molar-refractivity contribution >= 4 is 10.0 Å². The summed E-state index contributed by atoms with van der Waals surface area (Å²) in [7, 11) is -3.20. The predicted molar refractivity (Wildman–Crippen MR) is 35.5 cm³/mol. The molecule has 5 nitrogen and oxygen atoms in total. The van der Waals surface area contributed by atoms with E-state index >= 15 is 0 Å². The predicted octanol–water partition coefficient (Wildman–Crippen LogP) is -1.48. The molecule has 1 atom stereocenters. The summed E-state index contributed by atoms with van der Waals surface area (Å²) >= 11 is 0. The molecule has 2 N–H and O–H groups in total. The van der Waals surface area contributed by atoms with Gasteiger partial charge in [0.25, 0.3) is 0 Å². The average Bonchev–Trinajstić information content (AvgIpc) is 2.11. The first kappa shape index (κ1) is 7.93. The Balaban J connectivity index is 2.62. The van der Waals surface area contributed by atoms with Gasteiger partial charge in [0.15, 0.2) is 0 Å². The second kappa shape index (κ2) is 2.46. The van der Waals surface area contributed by atoms with Gasteiger partial charge in [-0.1, -0.05) is 4.47 Å². The lowest BCUT2D eigenvalue weighted by atomic mass is 10.4. The van der Waals surface area contributed by atoms with Gasteiger partial charge >= 0.3 is 0 Å². The van der Waals surface area contributed by atoms with E-state index in [4.69, 9.17) is 10.6 Å². The van der Waals surface area contributed by atoms with Gasteiger partial charge in [-0.25, -0.2) is 8.42 Å². The number of rotatable bonds is 1. The molecule has 1 rings (SSSR count). The standard InChI is InChI=1S/C4H10N2O3S/c1-10(7,8)6-2-4(5)3-9-6/h4H,2-3,5H2,1H3/t4-/m1/s1. The fraction of sp³-hybridized carbons (Fsp3) is 1.00. The van der Waals surface area contributed by atoms with Crippen molar-refractivity contribution < 1.29 is 13.3 Å². The Labute approximate surface area is 59.8 Å². The molecule has 0 aromatic carbocycles. The molecule has 1 fully saturated rings. The van der Waals surface area contributed by atoms with Crippen molar-refractivity contribution in [3.8, 4) is 0 Å². The highest BCUT2D eigenvalue weighted by Gasteiger charge is 2.27. The Morgan fingerprint density at radius 2 is 2.30 bits per heavy atom. The van der Waals surface area contributed by atoms with Gasteiger partial charge in [-0.3, -0.25) is 4.84 Å². The van der Waals surface area contributed by atoms with Crippen LogP contribution in [-0.2, 0) is 14.9 Å². The summed E-state index contributed by atoms with van der Waals surface area (Å²) in [5.74, 6) is 0. The first-order chi connectivity index (χ1) is 4.50. The normalized spacial score (nSPS) is 29.2. The highest BCUT2D eigenvalue weighted by atomic mass is 32.2. The smallest absolute Gasteiger partial charge is 0.233 e. The SMILES string of the molecule is CS(=O)(=O)N1C[C@@H](N)CO1. The van der Waals surface area contributed by atoms with E-state index in [1.165, 1.54) is 0 Å². The van der Waals surface area contributed by atoms with Gasteiger partial charge in [-0.05, 0) is 0 Å². The summed E-state index contributed by atoms with van der Waals surface area (Å²) in [6, 6.07) is -0.185. The average molecular weight is 166 g/mol. The summed E-state index contributed by atoms with van der Waals surface area (Å²) in [4.78, 5) is 4.75. The molecule has 0 bridgehead atoms. The van der Waals surface area contributed by atoms with Gasteiger partial charge in [-0.2, -0.15) is 0 Å². The summed E-state index contributed by atoms with van der Waals surface area (Å²) in [5, 5.41) is 0. The Morgan fingerprint density at radius 1 is 1.70 bits per heavy atom. The van der Waals surface area contributed by atoms with Crippen LogP contribution in [-0.4, -0.2) is 38.3 Å². The third-order valence-corrected chi connectivity index (χ3v) is 2.18. The molecule has 1 aliphatic heterocycles. The lowest BCUT2D eigenvalue weighted by Gasteiger charge is -2.08. The molecule has 1 saturated heterocycles. The van der Waals surface area contributed by atoms with E-state index in [1.807, 2.05) is 0 Å². The molecule has 1 heterocycles. The highest BCUT2D eigenvalue weighted by Crippen LogP contribution is 2.07. The zero-order valence-electron chi connectivity index (χ0n) is 5.65. The topological polar surface area (TPSA) is 72.6 Å².